The topological polar surface area (TPSA) is 63.6 Å². The molecule has 0 bridgehead atoms. The van der Waals surface area contributed by atoms with Crippen molar-refractivity contribution in [3.05, 3.63) is 28.2 Å². The summed E-state index contributed by atoms with van der Waals surface area (Å²) in [4.78, 5) is 21.7. The number of ketones is 1. The highest BCUT2D eigenvalue weighted by atomic mass is 79.9. The number of carbonyl (C=O) groups is 2. The number of rotatable bonds is 4. The maximum atomic E-state index is 11.2. The van der Waals surface area contributed by atoms with E-state index in [1.54, 1.807) is 6.07 Å². The number of hydrogen-bond acceptors (Lipinski definition) is 3. The molecular formula is C11H9BrO4. The summed E-state index contributed by atoms with van der Waals surface area (Å²) in [5, 5.41) is 8.55. The second kappa shape index (κ2) is 4.25. The monoisotopic (exact) mass is 284 g/mol. The quantitative estimate of drug-likeness (QED) is 0.680. The molecule has 0 heterocycles. The standard InChI is InChI=1S/C11H9BrO4/c12-8-5-6(10(13)11(14)15)1-4-9(8)16-7-2-3-7/h1,4-5,7H,2-3H2,(H,14,15). The molecule has 1 aromatic rings. The Labute approximate surface area is 100 Å². The van der Waals surface area contributed by atoms with Gasteiger partial charge in [0.1, 0.15) is 5.75 Å². The lowest BCUT2D eigenvalue weighted by Gasteiger charge is -2.07. The molecule has 16 heavy (non-hydrogen) atoms. The van der Waals surface area contributed by atoms with Gasteiger partial charge in [-0.05, 0) is 47.0 Å². The lowest BCUT2D eigenvalue weighted by Crippen LogP contribution is -2.12. The molecule has 0 unspecified atom stereocenters. The van der Waals surface area contributed by atoms with E-state index in [1.807, 2.05) is 0 Å². The molecule has 0 radical (unpaired) electrons. The zero-order valence-corrected chi connectivity index (χ0v) is 9.86. The fraction of sp³-hybridized carbons (Fsp3) is 0.273. The van der Waals surface area contributed by atoms with Crippen molar-refractivity contribution >= 4 is 27.7 Å². The van der Waals surface area contributed by atoms with Gasteiger partial charge < -0.3 is 9.84 Å². The summed E-state index contributed by atoms with van der Waals surface area (Å²) in [6.07, 6.45) is 2.35. The third-order valence-electron chi connectivity index (χ3n) is 2.21. The van der Waals surface area contributed by atoms with E-state index in [9.17, 15) is 9.59 Å². The van der Waals surface area contributed by atoms with Crippen molar-refractivity contribution in [3.63, 3.8) is 0 Å². The first-order valence-electron chi connectivity index (χ1n) is 4.82. The van der Waals surface area contributed by atoms with E-state index in [2.05, 4.69) is 15.9 Å². The number of aliphatic carboxylic acids is 1. The van der Waals surface area contributed by atoms with Gasteiger partial charge in [-0.3, -0.25) is 4.79 Å². The van der Waals surface area contributed by atoms with Crippen LogP contribution in [0.2, 0.25) is 0 Å². The average Bonchev–Trinajstić information content (AvgIpc) is 3.03. The third-order valence-corrected chi connectivity index (χ3v) is 2.83. The maximum Gasteiger partial charge on any atom is 0.377 e. The van der Waals surface area contributed by atoms with Crippen LogP contribution in [0.1, 0.15) is 23.2 Å². The summed E-state index contributed by atoms with van der Waals surface area (Å²) in [7, 11) is 0. The van der Waals surface area contributed by atoms with Gasteiger partial charge in [-0.1, -0.05) is 0 Å². The number of benzene rings is 1. The zero-order valence-electron chi connectivity index (χ0n) is 8.27. The van der Waals surface area contributed by atoms with E-state index >= 15 is 0 Å². The van der Waals surface area contributed by atoms with Crippen molar-refractivity contribution in [3.8, 4) is 5.75 Å². The Morgan fingerprint density at radius 1 is 1.38 bits per heavy atom. The lowest BCUT2D eigenvalue weighted by atomic mass is 10.1. The summed E-state index contributed by atoms with van der Waals surface area (Å²) < 4.78 is 6.15. The van der Waals surface area contributed by atoms with E-state index in [0.717, 1.165) is 12.8 Å². The minimum atomic E-state index is -1.46. The number of carbonyl (C=O) groups excluding carboxylic acids is 1. The van der Waals surface area contributed by atoms with Crippen molar-refractivity contribution in [2.75, 3.05) is 0 Å². The van der Waals surface area contributed by atoms with Crippen molar-refractivity contribution in [1.29, 1.82) is 0 Å². The SMILES string of the molecule is O=C(O)C(=O)c1ccc(OC2CC2)c(Br)c1. The minimum Gasteiger partial charge on any atom is -0.489 e. The van der Waals surface area contributed by atoms with Crippen LogP contribution in [-0.4, -0.2) is 23.0 Å². The van der Waals surface area contributed by atoms with Gasteiger partial charge in [-0.2, -0.15) is 0 Å². The molecule has 4 nitrogen and oxygen atoms in total. The number of hydrogen-bond donors (Lipinski definition) is 1. The largest absolute Gasteiger partial charge is 0.489 e. The average molecular weight is 285 g/mol. The van der Waals surface area contributed by atoms with Crippen LogP contribution in [0.15, 0.2) is 22.7 Å². The van der Waals surface area contributed by atoms with Crippen LogP contribution < -0.4 is 4.74 Å². The summed E-state index contributed by atoms with van der Waals surface area (Å²) in [5.41, 5.74) is 0.141. The van der Waals surface area contributed by atoms with Crippen LogP contribution in [0, 0.1) is 0 Å². The maximum absolute atomic E-state index is 11.2. The van der Waals surface area contributed by atoms with Crippen molar-refractivity contribution in [2.24, 2.45) is 0 Å². The summed E-state index contributed by atoms with van der Waals surface area (Å²) in [5.74, 6) is -1.73. The predicted octanol–water partition coefficient (Wildman–Crippen LogP) is 2.26. The molecule has 0 aliphatic heterocycles. The van der Waals surface area contributed by atoms with Gasteiger partial charge in [0, 0.05) is 5.56 Å². The first kappa shape index (κ1) is 11.1. The molecule has 1 aliphatic carbocycles. The van der Waals surface area contributed by atoms with Crippen LogP contribution in [0.5, 0.6) is 5.75 Å². The Bertz CT molecular complexity index is 451. The number of Topliss-reactive ketones (excluding diaryl/α,β-unsaturated/α-hetero) is 1. The molecular weight excluding hydrogens is 276 g/mol. The van der Waals surface area contributed by atoms with Crippen molar-refractivity contribution in [2.45, 2.75) is 18.9 Å². The van der Waals surface area contributed by atoms with Crippen LogP contribution in [-0.2, 0) is 4.79 Å². The van der Waals surface area contributed by atoms with Crippen LogP contribution >= 0.6 is 15.9 Å². The molecule has 2 rings (SSSR count). The molecule has 0 spiro atoms. The Hall–Kier alpha value is -1.36. The molecule has 1 saturated carbocycles. The first-order chi connectivity index (χ1) is 7.58. The van der Waals surface area contributed by atoms with Gasteiger partial charge in [0.05, 0.1) is 10.6 Å². The first-order valence-corrected chi connectivity index (χ1v) is 5.61. The zero-order chi connectivity index (χ0) is 11.7. The molecule has 1 aromatic carbocycles. The molecule has 0 aromatic heterocycles. The second-order valence-electron chi connectivity index (χ2n) is 3.60. The Morgan fingerprint density at radius 3 is 2.56 bits per heavy atom. The number of halogens is 1. The van der Waals surface area contributed by atoms with Crippen molar-refractivity contribution < 1.29 is 19.4 Å². The van der Waals surface area contributed by atoms with E-state index in [-0.39, 0.29) is 11.7 Å². The smallest absolute Gasteiger partial charge is 0.377 e. The normalized spacial score (nSPS) is 14.6. The van der Waals surface area contributed by atoms with E-state index in [1.165, 1.54) is 12.1 Å². The Morgan fingerprint density at radius 2 is 2.06 bits per heavy atom. The van der Waals surface area contributed by atoms with Crippen LogP contribution in [0.4, 0.5) is 0 Å². The third kappa shape index (κ3) is 2.41. The van der Waals surface area contributed by atoms with E-state index < -0.39 is 11.8 Å². The van der Waals surface area contributed by atoms with E-state index in [0.29, 0.717) is 10.2 Å². The summed E-state index contributed by atoms with van der Waals surface area (Å²) in [6.45, 7) is 0. The lowest BCUT2D eigenvalue weighted by molar-refractivity contribution is -0.131. The minimum absolute atomic E-state index is 0.141. The molecule has 0 amide bonds. The number of carboxylic acid groups (broad SMARTS) is 1. The molecule has 1 fully saturated rings. The molecule has 0 saturated heterocycles. The second-order valence-corrected chi connectivity index (χ2v) is 4.45. The van der Waals surface area contributed by atoms with Crippen LogP contribution in [0.25, 0.3) is 0 Å². The fourth-order valence-corrected chi connectivity index (χ4v) is 1.70. The molecule has 0 atom stereocenters. The molecule has 1 N–H and O–H groups in total. The number of ether oxygens (including phenoxy) is 1. The molecule has 84 valence electrons. The van der Waals surface area contributed by atoms with Gasteiger partial charge in [0.25, 0.3) is 5.78 Å². The van der Waals surface area contributed by atoms with Gasteiger partial charge >= 0.3 is 5.97 Å². The Balaban J connectivity index is 2.20. The highest BCUT2D eigenvalue weighted by Crippen LogP contribution is 2.32. The van der Waals surface area contributed by atoms with Crippen LogP contribution in [0.3, 0.4) is 0 Å². The Kier molecular flexibility index (Phi) is 2.96. The van der Waals surface area contributed by atoms with Gasteiger partial charge in [0.15, 0.2) is 0 Å². The van der Waals surface area contributed by atoms with Crippen molar-refractivity contribution in [1.82, 2.24) is 0 Å². The predicted molar refractivity (Wildman–Crippen MR) is 59.8 cm³/mol. The van der Waals surface area contributed by atoms with Gasteiger partial charge in [0.2, 0.25) is 0 Å². The molecule has 1 aliphatic rings. The summed E-state index contributed by atoms with van der Waals surface area (Å²) in [6, 6.07) is 4.53. The van der Waals surface area contributed by atoms with Gasteiger partial charge in [-0.15, -0.1) is 0 Å². The highest BCUT2D eigenvalue weighted by molar-refractivity contribution is 9.10. The van der Waals surface area contributed by atoms with Gasteiger partial charge in [-0.25, -0.2) is 4.79 Å². The summed E-state index contributed by atoms with van der Waals surface area (Å²) >= 11 is 3.25. The van der Waals surface area contributed by atoms with E-state index in [4.69, 9.17) is 9.84 Å². The highest BCUT2D eigenvalue weighted by Gasteiger charge is 2.24. The number of carboxylic acids is 1. The molecule has 5 heteroatoms. The fourth-order valence-electron chi connectivity index (χ4n) is 1.23.